The number of piperidine rings is 1. The Morgan fingerprint density at radius 1 is 0.867 bits per heavy atom. The SMILES string of the molecule is OC[C@@H]1CCCCN1C1CCCCCC1. The maximum absolute atomic E-state index is 9.42. The lowest BCUT2D eigenvalue weighted by Crippen LogP contribution is -2.47. The lowest BCUT2D eigenvalue weighted by Gasteiger charge is -2.40. The Bertz CT molecular complexity index is 175. The molecule has 2 heteroatoms. The molecule has 15 heavy (non-hydrogen) atoms. The number of aliphatic hydroxyl groups is 1. The Labute approximate surface area is 93.7 Å². The Hall–Kier alpha value is -0.0800. The molecule has 1 aliphatic heterocycles. The highest BCUT2D eigenvalue weighted by atomic mass is 16.3. The minimum absolute atomic E-state index is 0.372. The third kappa shape index (κ3) is 2.94. The molecule has 0 radical (unpaired) electrons. The van der Waals surface area contributed by atoms with Crippen molar-refractivity contribution in [1.29, 1.82) is 0 Å². The molecule has 2 rings (SSSR count). The molecule has 1 heterocycles. The number of hydrogen-bond donors (Lipinski definition) is 1. The molecule has 1 saturated carbocycles. The predicted molar refractivity (Wildman–Crippen MR) is 62.9 cm³/mol. The quantitative estimate of drug-likeness (QED) is 0.710. The molecule has 2 fully saturated rings. The van der Waals surface area contributed by atoms with Crippen LogP contribution in [-0.2, 0) is 0 Å². The number of likely N-dealkylation sites (tertiary alicyclic amines) is 1. The third-order valence-electron chi connectivity index (χ3n) is 4.18. The van der Waals surface area contributed by atoms with Gasteiger partial charge in [0.1, 0.15) is 0 Å². The van der Waals surface area contributed by atoms with Crippen molar-refractivity contribution in [3.63, 3.8) is 0 Å². The van der Waals surface area contributed by atoms with Crippen molar-refractivity contribution in [2.24, 2.45) is 0 Å². The molecule has 2 aliphatic rings. The van der Waals surface area contributed by atoms with Crippen LogP contribution in [-0.4, -0.2) is 35.2 Å². The highest BCUT2D eigenvalue weighted by Crippen LogP contribution is 2.27. The van der Waals surface area contributed by atoms with Crippen molar-refractivity contribution >= 4 is 0 Å². The molecule has 0 aromatic carbocycles. The molecule has 88 valence electrons. The van der Waals surface area contributed by atoms with Gasteiger partial charge >= 0.3 is 0 Å². The first kappa shape index (κ1) is 11.4. The fourth-order valence-electron chi connectivity index (χ4n) is 3.29. The number of hydrogen-bond acceptors (Lipinski definition) is 2. The molecular formula is C13H25NO. The van der Waals surface area contributed by atoms with Crippen molar-refractivity contribution in [3.05, 3.63) is 0 Å². The first-order valence-electron chi connectivity index (χ1n) is 6.78. The molecule has 2 nitrogen and oxygen atoms in total. The minimum Gasteiger partial charge on any atom is -0.395 e. The normalized spacial score (nSPS) is 31.4. The van der Waals surface area contributed by atoms with Gasteiger partial charge in [0.25, 0.3) is 0 Å². The highest BCUT2D eigenvalue weighted by Gasteiger charge is 2.28. The third-order valence-corrected chi connectivity index (χ3v) is 4.18. The van der Waals surface area contributed by atoms with Crippen LogP contribution in [0.2, 0.25) is 0 Å². The van der Waals surface area contributed by atoms with E-state index in [1.807, 2.05) is 0 Å². The second-order valence-electron chi connectivity index (χ2n) is 5.22. The zero-order valence-corrected chi connectivity index (χ0v) is 9.83. The second-order valence-corrected chi connectivity index (χ2v) is 5.22. The lowest BCUT2D eigenvalue weighted by molar-refractivity contribution is 0.0470. The first-order chi connectivity index (χ1) is 7.42. The van der Waals surface area contributed by atoms with Gasteiger partial charge in [0, 0.05) is 12.1 Å². The standard InChI is InChI=1S/C13H25NO/c15-11-13-9-5-6-10-14(13)12-7-3-1-2-4-8-12/h12-13,15H,1-11H2/t13-/m0/s1. The van der Waals surface area contributed by atoms with Gasteiger partial charge in [-0.2, -0.15) is 0 Å². The van der Waals surface area contributed by atoms with E-state index < -0.39 is 0 Å². The predicted octanol–water partition coefficient (Wildman–Crippen LogP) is 2.56. The number of rotatable bonds is 2. The highest BCUT2D eigenvalue weighted by molar-refractivity contribution is 4.83. The van der Waals surface area contributed by atoms with E-state index in [0.717, 1.165) is 6.04 Å². The zero-order valence-electron chi connectivity index (χ0n) is 9.83. The molecule has 1 N–H and O–H groups in total. The van der Waals surface area contributed by atoms with E-state index in [4.69, 9.17) is 0 Å². The molecular weight excluding hydrogens is 186 g/mol. The fraction of sp³-hybridized carbons (Fsp3) is 1.00. The van der Waals surface area contributed by atoms with Gasteiger partial charge in [0.2, 0.25) is 0 Å². The van der Waals surface area contributed by atoms with Crippen LogP contribution in [0.5, 0.6) is 0 Å². The van der Waals surface area contributed by atoms with Crippen LogP contribution in [0, 0.1) is 0 Å². The summed E-state index contributed by atoms with van der Waals surface area (Å²) < 4.78 is 0. The average molecular weight is 211 g/mol. The summed E-state index contributed by atoms with van der Waals surface area (Å²) >= 11 is 0. The largest absolute Gasteiger partial charge is 0.395 e. The van der Waals surface area contributed by atoms with E-state index in [1.54, 1.807) is 0 Å². The molecule has 1 aliphatic carbocycles. The van der Waals surface area contributed by atoms with Gasteiger partial charge < -0.3 is 5.11 Å². The van der Waals surface area contributed by atoms with Crippen LogP contribution in [0.25, 0.3) is 0 Å². The van der Waals surface area contributed by atoms with E-state index in [2.05, 4.69) is 4.90 Å². The Balaban J connectivity index is 1.92. The van der Waals surface area contributed by atoms with E-state index in [-0.39, 0.29) is 0 Å². The maximum atomic E-state index is 9.42. The smallest absolute Gasteiger partial charge is 0.0586 e. The van der Waals surface area contributed by atoms with Gasteiger partial charge in [-0.1, -0.05) is 32.1 Å². The monoisotopic (exact) mass is 211 g/mol. The summed E-state index contributed by atoms with van der Waals surface area (Å²) in [5.41, 5.74) is 0. The minimum atomic E-state index is 0.372. The van der Waals surface area contributed by atoms with Gasteiger partial charge in [-0.3, -0.25) is 4.90 Å². The lowest BCUT2D eigenvalue weighted by atomic mass is 9.97. The molecule has 0 amide bonds. The maximum Gasteiger partial charge on any atom is 0.0586 e. The van der Waals surface area contributed by atoms with E-state index >= 15 is 0 Å². The van der Waals surface area contributed by atoms with Gasteiger partial charge in [-0.25, -0.2) is 0 Å². The van der Waals surface area contributed by atoms with Crippen molar-refractivity contribution in [2.45, 2.75) is 69.9 Å². The number of aliphatic hydroxyl groups excluding tert-OH is 1. The Morgan fingerprint density at radius 2 is 1.53 bits per heavy atom. The molecule has 0 aromatic rings. The summed E-state index contributed by atoms with van der Waals surface area (Å²) in [6, 6.07) is 1.26. The van der Waals surface area contributed by atoms with Crippen LogP contribution in [0.15, 0.2) is 0 Å². The van der Waals surface area contributed by atoms with Crippen molar-refractivity contribution in [2.75, 3.05) is 13.2 Å². The van der Waals surface area contributed by atoms with Gasteiger partial charge in [0.15, 0.2) is 0 Å². The molecule has 0 aromatic heterocycles. The summed E-state index contributed by atoms with van der Waals surface area (Å²) in [6.45, 7) is 1.60. The average Bonchev–Trinajstić information content (AvgIpc) is 2.57. The van der Waals surface area contributed by atoms with Crippen LogP contribution < -0.4 is 0 Å². The van der Waals surface area contributed by atoms with Crippen LogP contribution in [0.3, 0.4) is 0 Å². The summed E-state index contributed by atoms with van der Waals surface area (Å²) in [5.74, 6) is 0. The number of nitrogens with zero attached hydrogens (tertiary/aromatic N) is 1. The van der Waals surface area contributed by atoms with E-state index in [0.29, 0.717) is 12.6 Å². The summed E-state index contributed by atoms with van der Waals surface area (Å²) in [7, 11) is 0. The topological polar surface area (TPSA) is 23.5 Å². The summed E-state index contributed by atoms with van der Waals surface area (Å²) in [4.78, 5) is 2.62. The first-order valence-corrected chi connectivity index (χ1v) is 6.78. The molecule has 1 atom stereocenters. The van der Waals surface area contributed by atoms with Crippen molar-refractivity contribution in [1.82, 2.24) is 4.90 Å². The van der Waals surface area contributed by atoms with Crippen LogP contribution >= 0.6 is 0 Å². The van der Waals surface area contributed by atoms with E-state index in [9.17, 15) is 5.11 Å². The molecule has 1 saturated heterocycles. The zero-order chi connectivity index (χ0) is 10.5. The summed E-state index contributed by atoms with van der Waals surface area (Å²) in [5, 5.41) is 9.42. The van der Waals surface area contributed by atoms with Crippen molar-refractivity contribution < 1.29 is 5.11 Å². The molecule has 0 unspecified atom stereocenters. The Kier molecular flexibility index (Phi) is 4.45. The van der Waals surface area contributed by atoms with E-state index in [1.165, 1.54) is 64.3 Å². The Morgan fingerprint density at radius 3 is 2.20 bits per heavy atom. The summed E-state index contributed by atoms with van der Waals surface area (Å²) in [6.07, 6.45) is 12.3. The fourth-order valence-corrected chi connectivity index (χ4v) is 3.29. The van der Waals surface area contributed by atoms with Crippen LogP contribution in [0.1, 0.15) is 57.8 Å². The van der Waals surface area contributed by atoms with Gasteiger partial charge in [-0.15, -0.1) is 0 Å². The van der Waals surface area contributed by atoms with Gasteiger partial charge in [0.05, 0.1) is 6.61 Å². The molecule has 0 bridgehead atoms. The van der Waals surface area contributed by atoms with Crippen LogP contribution in [0.4, 0.5) is 0 Å². The van der Waals surface area contributed by atoms with Gasteiger partial charge in [-0.05, 0) is 32.2 Å². The van der Waals surface area contributed by atoms with Crippen molar-refractivity contribution in [3.8, 4) is 0 Å². The second kappa shape index (κ2) is 5.86. The molecule has 0 spiro atoms.